The van der Waals surface area contributed by atoms with Crippen molar-refractivity contribution in [2.75, 3.05) is 24.5 Å². The molecule has 0 aliphatic rings. The molecule has 0 fully saturated rings. The van der Waals surface area contributed by atoms with Gasteiger partial charge in [0.1, 0.15) is 18.3 Å². The van der Waals surface area contributed by atoms with Crippen molar-refractivity contribution in [3.63, 3.8) is 0 Å². The zero-order chi connectivity index (χ0) is 27.9. The summed E-state index contributed by atoms with van der Waals surface area (Å²) in [5.41, 5.74) is 0.746. The Kier molecular flexibility index (Phi) is 10.0. The summed E-state index contributed by atoms with van der Waals surface area (Å²) in [5.74, 6) is -0.399. The van der Waals surface area contributed by atoms with Crippen molar-refractivity contribution in [2.24, 2.45) is 0 Å². The Balaban J connectivity index is 2.07. The Morgan fingerprint density at radius 1 is 1.00 bits per heavy atom. The van der Waals surface area contributed by atoms with Crippen LogP contribution in [0.2, 0.25) is 10.0 Å². The summed E-state index contributed by atoms with van der Waals surface area (Å²) in [7, 11) is -2.71. The lowest BCUT2D eigenvalue weighted by atomic mass is 10.1. The number of hydrogen-bond acceptors (Lipinski definition) is 5. The molecule has 1 atom stereocenters. The van der Waals surface area contributed by atoms with Gasteiger partial charge >= 0.3 is 0 Å². The van der Waals surface area contributed by atoms with Gasteiger partial charge in [0.2, 0.25) is 11.8 Å². The molecule has 0 saturated heterocycles. The molecule has 0 bridgehead atoms. The van der Waals surface area contributed by atoms with Crippen LogP contribution in [0.15, 0.2) is 77.7 Å². The zero-order valence-electron chi connectivity index (χ0n) is 21.2. The van der Waals surface area contributed by atoms with E-state index in [1.54, 1.807) is 62.4 Å². The average Bonchev–Trinajstić information content (AvgIpc) is 2.92. The maximum atomic E-state index is 13.8. The van der Waals surface area contributed by atoms with Gasteiger partial charge < -0.3 is 15.0 Å². The van der Waals surface area contributed by atoms with Crippen molar-refractivity contribution in [3.8, 4) is 5.75 Å². The van der Waals surface area contributed by atoms with E-state index in [9.17, 15) is 18.0 Å². The fraction of sp³-hybridized carbons (Fsp3) is 0.259. The van der Waals surface area contributed by atoms with E-state index in [-0.39, 0.29) is 33.1 Å². The molecule has 0 aliphatic carbocycles. The van der Waals surface area contributed by atoms with E-state index in [0.29, 0.717) is 17.9 Å². The van der Waals surface area contributed by atoms with E-state index >= 15 is 0 Å². The Morgan fingerprint density at radius 3 is 2.34 bits per heavy atom. The molecule has 0 aliphatic heterocycles. The predicted molar refractivity (Wildman–Crippen MR) is 149 cm³/mol. The molecule has 0 radical (unpaired) electrons. The standard InChI is InChI=1S/C27H29Cl2N3O5S/c1-4-30-27(34)19(2)31(17-20-10-8-11-21(16-20)37-3)25(33)18-32(24-15-9-14-23(28)26(24)29)38(35,36)22-12-6-5-7-13-22/h5-16,19H,4,17-18H2,1-3H3,(H,30,34)/t19-/m0/s1. The minimum absolute atomic E-state index is 0.0161. The highest BCUT2D eigenvalue weighted by Gasteiger charge is 2.33. The number of nitrogens with zero attached hydrogens (tertiary/aromatic N) is 2. The number of halogens is 2. The van der Waals surface area contributed by atoms with Gasteiger partial charge in [0.25, 0.3) is 10.0 Å². The van der Waals surface area contributed by atoms with Crippen LogP contribution in [0.4, 0.5) is 5.69 Å². The molecule has 8 nitrogen and oxygen atoms in total. The molecule has 1 N–H and O–H groups in total. The number of nitrogens with one attached hydrogen (secondary N) is 1. The third-order valence-corrected chi connectivity index (χ3v) is 8.40. The maximum absolute atomic E-state index is 13.8. The van der Waals surface area contributed by atoms with Gasteiger partial charge in [-0.25, -0.2) is 8.42 Å². The molecule has 0 heterocycles. The van der Waals surface area contributed by atoms with Crippen molar-refractivity contribution < 1.29 is 22.7 Å². The number of amides is 2. The van der Waals surface area contributed by atoms with E-state index in [0.717, 1.165) is 4.31 Å². The Morgan fingerprint density at radius 2 is 1.68 bits per heavy atom. The van der Waals surface area contributed by atoms with Crippen molar-refractivity contribution in [1.82, 2.24) is 10.2 Å². The number of anilines is 1. The van der Waals surface area contributed by atoms with Crippen molar-refractivity contribution in [2.45, 2.75) is 31.3 Å². The number of ether oxygens (including phenoxy) is 1. The monoisotopic (exact) mass is 577 g/mol. The number of methoxy groups -OCH3 is 1. The van der Waals surface area contributed by atoms with Crippen LogP contribution in [-0.4, -0.2) is 51.4 Å². The lowest BCUT2D eigenvalue weighted by Crippen LogP contribution is -2.51. The number of carbonyl (C=O) groups excluding carboxylic acids is 2. The Labute approximate surface area is 233 Å². The predicted octanol–water partition coefficient (Wildman–Crippen LogP) is 4.75. The summed E-state index contributed by atoms with van der Waals surface area (Å²) in [6.45, 7) is 3.15. The van der Waals surface area contributed by atoms with E-state index in [2.05, 4.69) is 5.32 Å². The lowest BCUT2D eigenvalue weighted by Gasteiger charge is -2.32. The van der Waals surface area contributed by atoms with E-state index < -0.39 is 28.5 Å². The third kappa shape index (κ3) is 6.78. The summed E-state index contributed by atoms with van der Waals surface area (Å²) in [6, 6.07) is 18.4. The third-order valence-electron chi connectivity index (χ3n) is 5.82. The second-order valence-electron chi connectivity index (χ2n) is 8.34. The topological polar surface area (TPSA) is 96.0 Å². The summed E-state index contributed by atoms with van der Waals surface area (Å²) >= 11 is 12.6. The SMILES string of the molecule is CCNC(=O)[C@H](C)N(Cc1cccc(OC)c1)C(=O)CN(c1cccc(Cl)c1Cl)S(=O)(=O)c1ccccc1. The van der Waals surface area contributed by atoms with Crippen LogP contribution in [0.1, 0.15) is 19.4 Å². The number of benzene rings is 3. The molecule has 202 valence electrons. The molecule has 38 heavy (non-hydrogen) atoms. The second-order valence-corrected chi connectivity index (χ2v) is 11.0. The van der Waals surface area contributed by atoms with E-state index in [1.165, 1.54) is 36.3 Å². The first-order valence-corrected chi connectivity index (χ1v) is 14.0. The second kappa shape index (κ2) is 13.0. The van der Waals surface area contributed by atoms with Gasteiger partial charge in [0, 0.05) is 13.1 Å². The molecule has 3 aromatic carbocycles. The van der Waals surface area contributed by atoms with Crippen molar-refractivity contribution >= 4 is 50.7 Å². The Bertz CT molecular complexity index is 1390. The van der Waals surface area contributed by atoms with Gasteiger partial charge in [-0.15, -0.1) is 0 Å². The first-order valence-electron chi connectivity index (χ1n) is 11.8. The number of hydrogen-bond donors (Lipinski definition) is 1. The van der Waals surface area contributed by atoms with Gasteiger partial charge in [-0.2, -0.15) is 0 Å². The first kappa shape index (κ1) is 29.3. The summed E-state index contributed by atoms with van der Waals surface area (Å²) in [6.07, 6.45) is 0. The first-order chi connectivity index (χ1) is 18.1. The molecule has 0 saturated carbocycles. The molecule has 0 aromatic heterocycles. The fourth-order valence-electron chi connectivity index (χ4n) is 3.79. The van der Waals surface area contributed by atoms with Gasteiger partial charge in [-0.3, -0.25) is 13.9 Å². The van der Waals surface area contributed by atoms with E-state index in [1.807, 2.05) is 0 Å². The highest BCUT2D eigenvalue weighted by atomic mass is 35.5. The number of rotatable bonds is 11. The molecule has 0 spiro atoms. The zero-order valence-corrected chi connectivity index (χ0v) is 23.6. The smallest absolute Gasteiger partial charge is 0.264 e. The largest absolute Gasteiger partial charge is 0.497 e. The summed E-state index contributed by atoms with van der Waals surface area (Å²) in [5, 5.41) is 2.84. The maximum Gasteiger partial charge on any atom is 0.264 e. The van der Waals surface area contributed by atoms with Crippen molar-refractivity contribution in [1.29, 1.82) is 0 Å². The molecule has 0 unspecified atom stereocenters. The molecule has 3 rings (SSSR count). The fourth-order valence-corrected chi connectivity index (χ4v) is 5.68. The Hall–Kier alpha value is -3.27. The molecular weight excluding hydrogens is 549 g/mol. The summed E-state index contributed by atoms with van der Waals surface area (Å²) < 4.78 is 33.7. The molecule has 11 heteroatoms. The molecule has 2 amide bonds. The van der Waals surface area contributed by atoms with Crippen LogP contribution < -0.4 is 14.4 Å². The summed E-state index contributed by atoms with van der Waals surface area (Å²) in [4.78, 5) is 27.9. The van der Waals surface area contributed by atoms with Crippen LogP contribution in [0.25, 0.3) is 0 Å². The van der Waals surface area contributed by atoms with Gasteiger partial charge in [0.05, 0.1) is 27.7 Å². The molecular formula is C27H29Cl2N3O5S. The minimum atomic E-state index is -4.24. The van der Waals surface area contributed by atoms with Crippen LogP contribution in [0.3, 0.4) is 0 Å². The van der Waals surface area contributed by atoms with Gasteiger partial charge in [-0.1, -0.05) is 59.6 Å². The highest BCUT2D eigenvalue weighted by Crippen LogP contribution is 2.35. The number of carbonyl (C=O) groups is 2. The van der Waals surface area contributed by atoms with Crippen LogP contribution in [0.5, 0.6) is 5.75 Å². The highest BCUT2D eigenvalue weighted by molar-refractivity contribution is 7.92. The average molecular weight is 579 g/mol. The lowest BCUT2D eigenvalue weighted by molar-refractivity contribution is -0.139. The van der Waals surface area contributed by atoms with Gasteiger partial charge in [0.15, 0.2) is 0 Å². The van der Waals surface area contributed by atoms with Crippen molar-refractivity contribution in [3.05, 3.63) is 88.4 Å². The van der Waals surface area contributed by atoms with Gasteiger partial charge in [-0.05, 0) is 55.8 Å². The quantitative estimate of drug-likeness (QED) is 0.354. The molecule has 3 aromatic rings. The van der Waals surface area contributed by atoms with Crippen LogP contribution in [-0.2, 0) is 26.2 Å². The number of likely N-dealkylation sites (N-methyl/N-ethyl adjacent to an activating group) is 1. The van der Waals surface area contributed by atoms with Crippen LogP contribution >= 0.6 is 23.2 Å². The minimum Gasteiger partial charge on any atom is -0.497 e. The van der Waals surface area contributed by atoms with E-state index in [4.69, 9.17) is 27.9 Å². The normalized spacial score (nSPS) is 11.9. The van der Waals surface area contributed by atoms with Crippen LogP contribution in [0, 0.1) is 0 Å². The number of sulfonamides is 1.